The summed E-state index contributed by atoms with van der Waals surface area (Å²) >= 11 is 6.29. The van der Waals surface area contributed by atoms with Crippen molar-refractivity contribution in [1.29, 1.82) is 0 Å². The normalized spacial score (nSPS) is 13.3. The van der Waals surface area contributed by atoms with Crippen LogP contribution in [0.3, 0.4) is 0 Å². The standard InChI is InChI=1S/C19H17ClF3N7/c1-10(2)16(11-3-4-15(25-6-11)19(21,22)23)29-9-13(7-26-29)12-5-14(20)17-27-18(24)28-30(17)8-12/h3-10,16H,1-2H3,(H2,24,28). The minimum Gasteiger partial charge on any atom is -0.366 e. The molecule has 0 amide bonds. The highest BCUT2D eigenvalue weighted by molar-refractivity contribution is 6.33. The summed E-state index contributed by atoms with van der Waals surface area (Å²) < 4.78 is 41.7. The Morgan fingerprint density at radius 1 is 1.10 bits per heavy atom. The first kappa shape index (κ1) is 20.1. The minimum atomic E-state index is -4.48. The number of pyridine rings is 2. The van der Waals surface area contributed by atoms with Crippen LogP contribution in [0.4, 0.5) is 19.1 Å². The van der Waals surface area contributed by atoms with Crippen molar-refractivity contribution in [3.05, 3.63) is 59.3 Å². The molecule has 4 aromatic heterocycles. The molecule has 0 spiro atoms. The van der Waals surface area contributed by atoms with Crippen LogP contribution in [-0.4, -0.2) is 29.4 Å². The van der Waals surface area contributed by atoms with Crippen LogP contribution >= 0.6 is 11.6 Å². The number of alkyl halides is 3. The molecule has 0 aliphatic carbocycles. The van der Waals surface area contributed by atoms with Crippen LogP contribution in [-0.2, 0) is 6.18 Å². The molecule has 2 N–H and O–H groups in total. The highest BCUT2D eigenvalue weighted by Gasteiger charge is 2.32. The Bertz CT molecular complexity index is 1200. The fraction of sp³-hybridized carbons (Fsp3) is 0.263. The Morgan fingerprint density at radius 2 is 1.87 bits per heavy atom. The zero-order valence-electron chi connectivity index (χ0n) is 16.0. The van der Waals surface area contributed by atoms with Gasteiger partial charge in [0.05, 0.1) is 17.3 Å². The number of nitrogen functional groups attached to an aromatic ring is 1. The van der Waals surface area contributed by atoms with E-state index in [1.807, 2.05) is 13.8 Å². The van der Waals surface area contributed by atoms with Gasteiger partial charge in [-0.25, -0.2) is 4.52 Å². The van der Waals surface area contributed by atoms with Crippen molar-refractivity contribution in [1.82, 2.24) is 29.4 Å². The lowest BCUT2D eigenvalue weighted by Gasteiger charge is -2.22. The van der Waals surface area contributed by atoms with Gasteiger partial charge in [-0.3, -0.25) is 9.67 Å². The smallest absolute Gasteiger partial charge is 0.366 e. The molecule has 4 heterocycles. The lowest BCUT2D eigenvalue weighted by Crippen LogP contribution is -2.18. The zero-order chi connectivity index (χ0) is 21.6. The zero-order valence-corrected chi connectivity index (χ0v) is 16.7. The molecule has 11 heteroatoms. The van der Waals surface area contributed by atoms with Gasteiger partial charge in [0.1, 0.15) is 5.69 Å². The average molecular weight is 436 g/mol. The molecular weight excluding hydrogens is 419 g/mol. The summed E-state index contributed by atoms with van der Waals surface area (Å²) in [4.78, 5) is 7.64. The molecule has 0 radical (unpaired) electrons. The molecule has 1 unspecified atom stereocenters. The number of fused-ring (bicyclic) bond motifs is 1. The Labute approximate surface area is 174 Å². The summed E-state index contributed by atoms with van der Waals surface area (Å²) in [5, 5.41) is 8.89. The van der Waals surface area contributed by atoms with E-state index >= 15 is 0 Å². The Balaban J connectivity index is 1.70. The number of hydrogen-bond acceptors (Lipinski definition) is 5. The SMILES string of the molecule is CC(C)C(c1ccc(C(F)(F)F)nc1)n1cc(-c2cc(Cl)c3nc(N)nn3c2)cn1. The molecule has 7 nitrogen and oxygen atoms in total. The van der Waals surface area contributed by atoms with Crippen molar-refractivity contribution < 1.29 is 13.2 Å². The van der Waals surface area contributed by atoms with Crippen molar-refractivity contribution in [3.63, 3.8) is 0 Å². The van der Waals surface area contributed by atoms with E-state index in [4.69, 9.17) is 17.3 Å². The number of aromatic nitrogens is 6. The number of nitrogens with two attached hydrogens (primary N) is 1. The first-order chi connectivity index (χ1) is 14.1. The molecule has 4 aromatic rings. The number of halogens is 4. The second kappa shape index (κ2) is 7.28. The molecule has 0 fully saturated rings. The van der Waals surface area contributed by atoms with Gasteiger partial charge in [0.25, 0.3) is 0 Å². The van der Waals surface area contributed by atoms with Gasteiger partial charge in [0, 0.05) is 29.7 Å². The topological polar surface area (TPSA) is 86.9 Å². The van der Waals surface area contributed by atoms with Gasteiger partial charge in [-0.15, -0.1) is 5.10 Å². The number of rotatable bonds is 4. The predicted molar refractivity (Wildman–Crippen MR) is 106 cm³/mol. The highest BCUT2D eigenvalue weighted by Crippen LogP contribution is 2.32. The molecule has 4 rings (SSSR count). The average Bonchev–Trinajstić information content (AvgIpc) is 3.28. The number of hydrogen-bond donors (Lipinski definition) is 1. The fourth-order valence-corrected chi connectivity index (χ4v) is 3.60. The molecule has 0 bridgehead atoms. The maximum Gasteiger partial charge on any atom is 0.433 e. The lowest BCUT2D eigenvalue weighted by molar-refractivity contribution is -0.141. The monoisotopic (exact) mass is 435 g/mol. The van der Waals surface area contributed by atoms with Crippen molar-refractivity contribution in [2.45, 2.75) is 26.1 Å². The Morgan fingerprint density at radius 3 is 2.50 bits per heavy atom. The van der Waals surface area contributed by atoms with Gasteiger partial charge >= 0.3 is 6.18 Å². The van der Waals surface area contributed by atoms with Crippen molar-refractivity contribution in [3.8, 4) is 11.1 Å². The van der Waals surface area contributed by atoms with E-state index in [-0.39, 0.29) is 17.9 Å². The van der Waals surface area contributed by atoms with Crippen LogP contribution < -0.4 is 5.73 Å². The summed E-state index contributed by atoms with van der Waals surface area (Å²) in [6.45, 7) is 3.93. The third kappa shape index (κ3) is 3.70. The molecular formula is C19H17ClF3N7. The number of anilines is 1. The van der Waals surface area contributed by atoms with Crippen molar-refractivity contribution in [2.75, 3.05) is 5.73 Å². The fourth-order valence-electron chi connectivity index (χ4n) is 3.35. The molecule has 0 saturated heterocycles. The molecule has 0 aliphatic heterocycles. The minimum absolute atomic E-state index is 0.0532. The highest BCUT2D eigenvalue weighted by atomic mass is 35.5. The summed E-state index contributed by atoms with van der Waals surface area (Å²) in [6, 6.07) is 3.85. The quantitative estimate of drug-likeness (QED) is 0.510. The van der Waals surface area contributed by atoms with Crippen molar-refractivity contribution in [2.24, 2.45) is 5.92 Å². The van der Waals surface area contributed by atoms with Crippen LogP contribution in [0.15, 0.2) is 43.0 Å². The summed E-state index contributed by atoms with van der Waals surface area (Å²) in [7, 11) is 0. The van der Waals surface area contributed by atoms with E-state index in [9.17, 15) is 13.2 Å². The summed E-state index contributed by atoms with van der Waals surface area (Å²) in [6.07, 6.45) is 1.96. The largest absolute Gasteiger partial charge is 0.433 e. The van der Waals surface area contributed by atoms with Crippen LogP contribution in [0.25, 0.3) is 16.8 Å². The van der Waals surface area contributed by atoms with Gasteiger partial charge in [-0.05, 0) is 23.6 Å². The third-order valence-corrected chi connectivity index (χ3v) is 4.95. The summed E-state index contributed by atoms with van der Waals surface area (Å²) in [5.74, 6) is 0.164. The first-order valence-corrected chi connectivity index (χ1v) is 9.40. The van der Waals surface area contributed by atoms with E-state index in [1.54, 1.807) is 29.3 Å². The molecule has 156 valence electrons. The second-order valence-electron chi connectivity index (χ2n) is 7.19. The maximum absolute atomic E-state index is 12.8. The van der Waals surface area contributed by atoms with E-state index < -0.39 is 11.9 Å². The molecule has 1 atom stereocenters. The van der Waals surface area contributed by atoms with Gasteiger partial charge in [-0.2, -0.15) is 23.3 Å². The van der Waals surface area contributed by atoms with E-state index in [0.29, 0.717) is 16.2 Å². The second-order valence-corrected chi connectivity index (χ2v) is 7.59. The van der Waals surface area contributed by atoms with Gasteiger partial charge in [-0.1, -0.05) is 31.5 Å². The van der Waals surface area contributed by atoms with Crippen LogP contribution in [0.5, 0.6) is 0 Å². The summed E-state index contributed by atoms with van der Waals surface area (Å²) in [5.41, 5.74) is 7.29. The van der Waals surface area contributed by atoms with Crippen molar-refractivity contribution >= 4 is 23.2 Å². The van der Waals surface area contributed by atoms with E-state index in [0.717, 1.165) is 17.2 Å². The molecule has 30 heavy (non-hydrogen) atoms. The van der Waals surface area contributed by atoms with Crippen LogP contribution in [0.2, 0.25) is 5.02 Å². The van der Waals surface area contributed by atoms with Crippen LogP contribution in [0, 0.1) is 5.92 Å². The Kier molecular flexibility index (Phi) is 4.89. The molecule has 0 aromatic carbocycles. The third-order valence-electron chi connectivity index (χ3n) is 4.67. The van der Waals surface area contributed by atoms with E-state index in [2.05, 4.69) is 20.2 Å². The van der Waals surface area contributed by atoms with Crippen LogP contribution in [0.1, 0.15) is 31.1 Å². The first-order valence-electron chi connectivity index (χ1n) is 9.02. The maximum atomic E-state index is 12.8. The van der Waals surface area contributed by atoms with Gasteiger partial charge < -0.3 is 5.73 Å². The predicted octanol–water partition coefficient (Wildman–Crippen LogP) is 4.49. The lowest BCUT2D eigenvalue weighted by atomic mass is 9.97. The Hall–Kier alpha value is -3.14. The molecule has 0 saturated carbocycles. The molecule has 0 aliphatic rings. The number of nitrogens with zero attached hydrogens (tertiary/aromatic N) is 6. The van der Waals surface area contributed by atoms with E-state index in [1.165, 1.54) is 16.8 Å². The van der Waals surface area contributed by atoms with Gasteiger partial charge in [0.2, 0.25) is 5.95 Å². The van der Waals surface area contributed by atoms with Gasteiger partial charge in [0.15, 0.2) is 5.65 Å².